The summed E-state index contributed by atoms with van der Waals surface area (Å²) in [6.07, 6.45) is 0.838. The first-order chi connectivity index (χ1) is 11.1. The predicted molar refractivity (Wildman–Crippen MR) is 90.5 cm³/mol. The Kier molecular flexibility index (Phi) is 5.17. The number of pyridine rings is 1. The summed E-state index contributed by atoms with van der Waals surface area (Å²) in [4.78, 5) is 30.1. The number of carbonyl (C=O) groups is 1. The summed E-state index contributed by atoms with van der Waals surface area (Å²) in [6, 6.07) is 1.24. The van der Waals surface area contributed by atoms with Crippen LogP contribution >= 0.6 is 11.6 Å². The molecular weight excluding hydrogens is 336 g/mol. The third kappa shape index (κ3) is 4.25. The lowest BCUT2D eigenvalue weighted by molar-refractivity contribution is -0.385. The quantitative estimate of drug-likeness (QED) is 0.597. The van der Waals surface area contributed by atoms with E-state index in [1.54, 1.807) is 4.90 Å². The Morgan fingerprint density at radius 1 is 1.46 bits per heavy atom. The molecule has 0 N–H and O–H groups in total. The largest absolute Gasteiger partial charge is 0.444 e. The molecule has 2 heterocycles. The van der Waals surface area contributed by atoms with E-state index < -0.39 is 10.5 Å². The fraction of sp³-hybridized carbons (Fsp3) is 0.600. The van der Waals surface area contributed by atoms with Crippen molar-refractivity contribution in [1.29, 1.82) is 0 Å². The van der Waals surface area contributed by atoms with Crippen molar-refractivity contribution in [3.05, 3.63) is 27.4 Å². The van der Waals surface area contributed by atoms with Crippen LogP contribution in [0.2, 0.25) is 5.02 Å². The Bertz CT molecular complexity index is 647. The number of nitrogens with zero attached hydrogens (tertiary/aromatic N) is 4. The number of halogens is 1. The van der Waals surface area contributed by atoms with E-state index in [4.69, 9.17) is 16.3 Å². The van der Waals surface area contributed by atoms with Crippen LogP contribution in [0, 0.1) is 10.1 Å². The van der Waals surface area contributed by atoms with Crippen molar-refractivity contribution in [2.45, 2.75) is 39.3 Å². The van der Waals surface area contributed by atoms with Crippen LogP contribution in [0.1, 0.15) is 27.7 Å². The smallest absolute Gasteiger partial charge is 0.410 e. The Hall–Kier alpha value is -2.09. The summed E-state index contributed by atoms with van der Waals surface area (Å²) in [5.41, 5.74) is -0.690. The van der Waals surface area contributed by atoms with Crippen LogP contribution in [0.3, 0.4) is 0 Å². The van der Waals surface area contributed by atoms with Gasteiger partial charge in [0.25, 0.3) is 5.69 Å². The Morgan fingerprint density at radius 3 is 2.62 bits per heavy atom. The predicted octanol–water partition coefficient (Wildman–Crippen LogP) is 3.09. The Labute approximate surface area is 145 Å². The molecule has 0 spiro atoms. The van der Waals surface area contributed by atoms with Crippen molar-refractivity contribution in [3.63, 3.8) is 0 Å². The van der Waals surface area contributed by atoms with Crippen LogP contribution in [0.25, 0.3) is 0 Å². The highest BCUT2D eigenvalue weighted by atomic mass is 35.5. The van der Waals surface area contributed by atoms with Crippen molar-refractivity contribution < 1.29 is 14.5 Å². The first-order valence-electron chi connectivity index (χ1n) is 7.63. The molecule has 1 fully saturated rings. The number of rotatable bonds is 2. The van der Waals surface area contributed by atoms with Crippen LogP contribution in [-0.4, -0.2) is 52.2 Å². The molecule has 1 saturated heterocycles. The van der Waals surface area contributed by atoms with Gasteiger partial charge in [-0.05, 0) is 27.7 Å². The minimum absolute atomic E-state index is 0.0438. The van der Waals surface area contributed by atoms with Crippen LogP contribution in [0.4, 0.5) is 16.3 Å². The number of amides is 1. The van der Waals surface area contributed by atoms with E-state index in [2.05, 4.69) is 4.98 Å². The summed E-state index contributed by atoms with van der Waals surface area (Å²) < 4.78 is 5.38. The third-order valence-electron chi connectivity index (χ3n) is 3.57. The zero-order valence-electron chi connectivity index (χ0n) is 14.2. The highest BCUT2D eigenvalue weighted by Gasteiger charge is 2.31. The van der Waals surface area contributed by atoms with E-state index in [0.29, 0.717) is 25.5 Å². The van der Waals surface area contributed by atoms with Gasteiger partial charge in [0.15, 0.2) is 0 Å². The van der Waals surface area contributed by atoms with Crippen molar-refractivity contribution in [2.24, 2.45) is 0 Å². The average Bonchev–Trinajstić information content (AvgIpc) is 2.45. The van der Waals surface area contributed by atoms with Crippen LogP contribution in [0.5, 0.6) is 0 Å². The summed E-state index contributed by atoms with van der Waals surface area (Å²) in [6.45, 7) is 8.86. The maximum Gasteiger partial charge on any atom is 0.410 e. The zero-order valence-corrected chi connectivity index (χ0v) is 14.9. The standard InChI is InChI=1S/C15H21ClN4O4/c1-10-9-18(14(21)24-15(2,3)4)5-6-19(10)13-12(16)7-11(8-17-13)20(22)23/h7-8,10H,5-6,9H2,1-4H3. The third-order valence-corrected chi connectivity index (χ3v) is 3.85. The highest BCUT2D eigenvalue weighted by Crippen LogP contribution is 2.29. The van der Waals surface area contributed by atoms with Crippen molar-refractivity contribution in [3.8, 4) is 0 Å². The van der Waals surface area contributed by atoms with E-state index in [-0.39, 0.29) is 22.8 Å². The summed E-state index contributed by atoms with van der Waals surface area (Å²) in [7, 11) is 0. The van der Waals surface area contributed by atoms with Crippen LogP contribution < -0.4 is 4.90 Å². The molecular formula is C15H21ClN4O4. The Morgan fingerprint density at radius 2 is 2.12 bits per heavy atom. The maximum absolute atomic E-state index is 12.2. The highest BCUT2D eigenvalue weighted by molar-refractivity contribution is 6.33. The topological polar surface area (TPSA) is 88.8 Å². The Balaban J connectivity index is 2.09. The number of hydrogen-bond donors (Lipinski definition) is 0. The van der Waals surface area contributed by atoms with E-state index in [1.165, 1.54) is 12.3 Å². The molecule has 9 heteroatoms. The van der Waals surface area contributed by atoms with Gasteiger partial charge < -0.3 is 14.5 Å². The van der Waals surface area contributed by atoms with Gasteiger partial charge in [-0.1, -0.05) is 11.6 Å². The molecule has 1 aromatic rings. The van der Waals surface area contributed by atoms with E-state index in [9.17, 15) is 14.9 Å². The van der Waals surface area contributed by atoms with Gasteiger partial charge in [-0.3, -0.25) is 10.1 Å². The van der Waals surface area contributed by atoms with Crippen molar-refractivity contribution in [1.82, 2.24) is 9.88 Å². The van der Waals surface area contributed by atoms with E-state index in [1.807, 2.05) is 32.6 Å². The lowest BCUT2D eigenvalue weighted by Gasteiger charge is -2.41. The van der Waals surface area contributed by atoms with Crippen molar-refractivity contribution >= 4 is 29.2 Å². The second-order valence-electron chi connectivity index (χ2n) is 6.72. The number of aromatic nitrogens is 1. The number of nitro groups is 1. The minimum atomic E-state index is -0.541. The molecule has 1 aliphatic heterocycles. The van der Waals surface area contributed by atoms with Crippen molar-refractivity contribution in [2.75, 3.05) is 24.5 Å². The second-order valence-corrected chi connectivity index (χ2v) is 7.13. The fourth-order valence-corrected chi connectivity index (χ4v) is 2.77. The lowest BCUT2D eigenvalue weighted by atomic mass is 10.2. The molecule has 24 heavy (non-hydrogen) atoms. The van der Waals surface area contributed by atoms with Gasteiger partial charge in [0, 0.05) is 31.7 Å². The summed E-state index contributed by atoms with van der Waals surface area (Å²) in [5.74, 6) is 0.485. The minimum Gasteiger partial charge on any atom is -0.444 e. The van der Waals surface area contributed by atoms with E-state index in [0.717, 1.165) is 0 Å². The average molecular weight is 357 g/mol. The van der Waals surface area contributed by atoms with Gasteiger partial charge >= 0.3 is 6.09 Å². The summed E-state index contributed by atoms with van der Waals surface area (Å²) >= 11 is 6.14. The van der Waals surface area contributed by atoms with Gasteiger partial charge in [0.2, 0.25) is 0 Å². The molecule has 1 amide bonds. The molecule has 2 rings (SSSR count). The van der Waals surface area contributed by atoms with Gasteiger partial charge in [0.05, 0.1) is 9.95 Å². The zero-order chi connectivity index (χ0) is 18.1. The first-order valence-corrected chi connectivity index (χ1v) is 8.01. The van der Waals surface area contributed by atoms with E-state index >= 15 is 0 Å². The molecule has 1 aromatic heterocycles. The normalized spacial score (nSPS) is 18.5. The van der Waals surface area contributed by atoms with Gasteiger partial charge in [-0.15, -0.1) is 0 Å². The molecule has 1 aliphatic rings. The van der Waals surface area contributed by atoms with Gasteiger partial charge in [0.1, 0.15) is 17.6 Å². The monoisotopic (exact) mass is 356 g/mol. The molecule has 0 bridgehead atoms. The number of piperazine rings is 1. The second kappa shape index (κ2) is 6.80. The number of hydrogen-bond acceptors (Lipinski definition) is 6. The summed E-state index contributed by atoms with van der Waals surface area (Å²) in [5, 5.41) is 11.0. The maximum atomic E-state index is 12.2. The molecule has 8 nitrogen and oxygen atoms in total. The SMILES string of the molecule is CC1CN(C(=O)OC(C)(C)C)CCN1c1ncc([N+](=O)[O-])cc1Cl. The lowest BCUT2D eigenvalue weighted by Crippen LogP contribution is -2.54. The van der Waals surface area contributed by atoms with Gasteiger partial charge in [-0.2, -0.15) is 0 Å². The molecule has 0 radical (unpaired) electrons. The fourth-order valence-electron chi connectivity index (χ4n) is 2.50. The molecule has 132 valence electrons. The van der Waals surface area contributed by atoms with Gasteiger partial charge in [-0.25, -0.2) is 9.78 Å². The number of ether oxygens (including phenoxy) is 1. The molecule has 1 atom stereocenters. The van der Waals surface area contributed by atoms with Crippen LogP contribution in [0.15, 0.2) is 12.3 Å². The molecule has 0 aromatic carbocycles. The first kappa shape index (κ1) is 18.3. The molecule has 0 aliphatic carbocycles. The number of carbonyl (C=O) groups excluding carboxylic acids is 1. The molecule has 1 unspecified atom stereocenters. The number of anilines is 1. The molecule has 0 saturated carbocycles. The van der Waals surface area contributed by atoms with Crippen LogP contribution in [-0.2, 0) is 4.74 Å².